The van der Waals surface area contributed by atoms with Crippen LogP contribution < -0.4 is 5.32 Å². The number of hydrogen-bond donors (Lipinski definition) is 3. The summed E-state index contributed by atoms with van der Waals surface area (Å²) < 4.78 is 38.8. The number of piperidine rings is 1. The first-order valence-corrected chi connectivity index (χ1v) is 11.4. The highest BCUT2D eigenvalue weighted by Crippen LogP contribution is 2.67. The molecule has 2 aromatic rings. The van der Waals surface area contributed by atoms with Crippen LogP contribution in [0.4, 0.5) is 19.0 Å². The van der Waals surface area contributed by atoms with Gasteiger partial charge < -0.3 is 20.4 Å². The van der Waals surface area contributed by atoms with Gasteiger partial charge in [0.2, 0.25) is 5.91 Å². The summed E-state index contributed by atoms with van der Waals surface area (Å²) in [6.45, 7) is 4.87. The molecule has 4 aliphatic rings. The van der Waals surface area contributed by atoms with E-state index < -0.39 is 23.1 Å². The molecule has 1 aromatic carbocycles. The molecule has 0 spiro atoms. The van der Waals surface area contributed by atoms with Crippen molar-refractivity contribution < 1.29 is 28.2 Å². The molecule has 182 valence electrons. The van der Waals surface area contributed by atoms with Crippen molar-refractivity contribution in [2.75, 3.05) is 18.4 Å². The van der Waals surface area contributed by atoms with E-state index in [4.69, 9.17) is 0 Å². The molecule has 1 aromatic heterocycles. The lowest BCUT2D eigenvalue weighted by atomic mass is 9.41. The number of rotatable bonds is 4. The number of phenols is 1. The zero-order valence-electron chi connectivity index (χ0n) is 19.0. The summed E-state index contributed by atoms with van der Waals surface area (Å²) in [5.74, 6) is 0.167. The van der Waals surface area contributed by atoms with E-state index in [1.165, 1.54) is 6.07 Å². The van der Waals surface area contributed by atoms with Crippen LogP contribution in [0.15, 0.2) is 18.2 Å². The number of phenolic OH excluding ortho intramolecular Hbond substituents is 1. The van der Waals surface area contributed by atoms with E-state index in [0.29, 0.717) is 55.5 Å². The fourth-order valence-corrected chi connectivity index (χ4v) is 5.68. The second-order valence-corrected chi connectivity index (χ2v) is 10.1. The standard InChI is InChI=1S/C24H27F3N4O3/c1-13-14(2)20(30-29-19(13)17-6-5-15(8-18(17)32)24(25,26)27)28-16-4-3-7-31(9-16)21(33)22-10-23(34,11-22)12-22/h5-6,8,16,32,34H,3-4,7,9-12H2,1-2H3,(H,28,30)/t16-,22?,23?/m1/s1. The Hall–Kier alpha value is -2.88. The van der Waals surface area contributed by atoms with Crippen LogP contribution in [-0.4, -0.2) is 55.9 Å². The minimum atomic E-state index is -4.55. The SMILES string of the molecule is Cc1c(N[C@@H]2CCCN(C(=O)C34CC(O)(C3)C4)C2)nnc(-c2ccc(C(F)(F)F)cc2O)c1C. The minimum absolute atomic E-state index is 0.00846. The number of aromatic hydroxyl groups is 1. The smallest absolute Gasteiger partial charge is 0.416 e. The van der Waals surface area contributed by atoms with Gasteiger partial charge in [-0.05, 0) is 75.3 Å². The number of nitrogens with zero attached hydrogens (tertiary/aromatic N) is 3. The van der Waals surface area contributed by atoms with Gasteiger partial charge in [-0.2, -0.15) is 13.2 Å². The Bertz CT molecular complexity index is 1150. The van der Waals surface area contributed by atoms with Crippen molar-refractivity contribution in [1.82, 2.24) is 15.1 Å². The lowest BCUT2D eigenvalue weighted by Crippen LogP contribution is -2.73. The molecule has 34 heavy (non-hydrogen) atoms. The van der Waals surface area contributed by atoms with Gasteiger partial charge >= 0.3 is 6.18 Å². The van der Waals surface area contributed by atoms with Crippen LogP contribution in [0.1, 0.15) is 48.8 Å². The highest BCUT2D eigenvalue weighted by molar-refractivity contribution is 5.87. The first-order chi connectivity index (χ1) is 15.9. The maximum Gasteiger partial charge on any atom is 0.416 e. The average molecular weight is 476 g/mol. The van der Waals surface area contributed by atoms with Crippen molar-refractivity contribution in [1.29, 1.82) is 0 Å². The topological polar surface area (TPSA) is 98.6 Å². The summed E-state index contributed by atoms with van der Waals surface area (Å²) in [6, 6.07) is 2.80. The van der Waals surface area contributed by atoms with Gasteiger partial charge in [-0.3, -0.25) is 4.79 Å². The first kappa shape index (κ1) is 22.9. The van der Waals surface area contributed by atoms with Crippen LogP contribution in [0.5, 0.6) is 5.75 Å². The van der Waals surface area contributed by atoms with Crippen molar-refractivity contribution in [3.63, 3.8) is 0 Å². The number of benzene rings is 1. The monoisotopic (exact) mass is 476 g/mol. The molecule has 2 bridgehead atoms. The van der Waals surface area contributed by atoms with E-state index >= 15 is 0 Å². The number of alkyl halides is 3. The predicted octanol–water partition coefficient (Wildman–Crippen LogP) is 3.80. The van der Waals surface area contributed by atoms with Crippen molar-refractivity contribution in [3.05, 3.63) is 34.9 Å². The lowest BCUT2D eigenvalue weighted by Gasteiger charge is -2.67. The number of carbonyl (C=O) groups excluding carboxylic acids is 1. The number of nitrogens with one attached hydrogen (secondary N) is 1. The van der Waals surface area contributed by atoms with Gasteiger partial charge in [0.15, 0.2) is 5.82 Å². The maximum atomic E-state index is 13.0. The van der Waals surface area contributed by atoms with Gasteiger partial charge in [0, 0.05) is 24.7 Å². The number of likely N-dealkylation sites (tertiary alicyclic amines) is 1. The molecule has 10 heteroatoms. The summed E-state index contributed by atoms with van der Waals surface area (Å²) in [5.41, 5.74) is 0.0513. The Labute approximate surface area is 195 Å². The van der Waals surface area contributed by atoms with E-state index in [2.05, 4.69) is 15.5 Å². The molecule has 2 heterocycles. The van der Waals surface area contributed by atoms with Gasteiger partial charge in [-0.25, -0.2) is 0 Å². The molecule has 0 radical (unpaired) electrons. The van der Waals surface area contributed by atoms with Crippen molar-refractivity contribution in [2.24, 2.45) is 5.41 Å². The molecule has 1 saturated heterocycles. The molecule has 1 atom stereocenters. The highest BCUT2D eigenvalue weighted by atomic mass is 19.4. The van der Waals surface area contributed by atoms with E-state index in [0.717, 1.165) is 24.5 Å². The molecule has 3 saturated carbocycles. The fourth-order valence-electron chi connectivity index (χ4n) is 5.68. The third-order valence-corrected chi connectivity index (χ3v) is 7.61. The van der Waals surface area contributed by atoms with E-state index in [-0.39, 0.29) is 22.9 Å². The summed E-state index contributed by atoms with van der Waals surface area (Å²) >= 11 is 0. The Morgan fingerprint density at radius 1 is 1.18 bits per heavy atom. The predicted molar refractivity (Wildman–Crippen MR) is 118 cm³/mol. The third-order valence-electron chi connectivity index (χ3n) is 7.61. The number of amides is 1. The van der Waals surface area contributed by atoms with Crippen LogP contribution in [0.2, 0.25) is 0 Å². The second kappa shape index (κ2) is 7.56. The molecule has 1 aliphatic heterocycles. The summed E-state index contributed by atoms with van der Waals surface area (Å²) in [4.78, 5) is 14.9. The zero-order chi connectivity index (χ0) is 24.5. The van der Waals surface area contributed by atoms with Crippen LogP contribution in [0.25, 0.3) is 11.3 Å². The third kappa shape index (κ3) is 3.68. The number of aromatic nitrogens is 2. The molecule has 4 fully saturated rings. The van der Waals surface area contributed by atoms with Crippen molar-refractivity contribution >= 4 is 11.7 Å². The molecular weight excluding hydrogens is 449 g/mol. The molecule has 6 rings (SSSR count). The van der Waals surface area contributed by atoms with Gasteiger partial charge in [0.05, 0.1) is 22.3 Å². The zero-order valence-corrected chi connectivity index (χ0v) is 19.0. The highest BCUT2D eigenvalue weighted by Gasteiger charge is 2.71. The number of halogens is 3. The Morgan fingerprint density at radius 2 is 1.88 bits per heavy atom. The normalized spacial score (nSPS) is 28.2. The minimum Gasteiger partial charge on any atom is -0.507 e. The average Bonchev–Trinajstić information content (AvgIpc) is 2.74. The quantitative estimate of drug-likeness (QED) is 0.621. The number of anilines is 1. The molecular formula is C24H27F3N4O3. The fraction of sp³-hybridized carbons (Fsp3) is 0.542. The van der Waals surface area contributed by atoms with Crippen LogP contribution in [0, 0.1) is 19.3 Å². The summed E-state index contributed by atoms with van der Waals surface area (Å²) in [5, 5.41) is 32.0. The Balaban J connectivity index is 1.31. The summed E-state index contributed by atoms with van der Waals surface area (Å²) in [6.07, 6.45) is -1.14. The van der Waals surface area contributed by atoms with Crippen molar-refractivity contribution in [3.8, 4) is 17.0 Å². The molecule has 3 N–H and O–H groups in total. The molecule has 1 amide bonds. The second-order valence-electron chi connectivity index (χ2n) is 10.1. The van der Waals surface area contributed by atoms with Gasteiger partial charge in [-0.15, -0.1) is 10.2 Å². The number of carbonyl (C=O) groups is 1. The maximum absolute atomic E-state index is 13.0. The molecule has 0 unspecified atom stereocenters. The van der Waals surface area contributed by atoms with Gasteiger partial charge in [-0.1, -0.05) is 0 Å². The van der Waals surface area contributed by atoms with Gasteiger partial charge in [0.25, 0.3) is 0 Å². The number of aliphatic hydroxyl groups is 1. The summed E-state index contributed by atoms with van der Waals surface area (Å²) in [7, 11) is 0. The van der Waals surface area contributed by atoms with Crippen LogP contribution >= 0.6 is 0 Å². The molecule has 7 nitrogen and oxygen atoms in total. The largest absolute Gasteiger partial charge is 0.507 e. The Morgan fingerprint density at radius 3 is 2.50 bits per heavy atom. The first-order valence-electron chi connectivity index (χ1n) is 11.4. The van der Waals surface area contributed by atoms with E-state index in [1.807, 2.05) is 11.8 Å². The van der Waals surface area contributed by atoms with Crippen LogP contribution in [0.3, 0.4) is 0 Å². The number of hydrogen-bond acceptors (Lipinski definition) is 6. The van der Waals surface area contributed by atoms with Crippen molar-refractivity contribution in [2.45, 2.75) is 63.8 Å². The van der Waals surface area contributed by atoms with E-state index in [9.17, 15) is 28.2 Å². The van der Waals surface area contributed by atoms with E-state index in [1.54, 1.807) is 6.92 Å². The lowest BCUT2D eigenvalue weighted by molar-refractivity contribution is -0.256. The van der Waals surface area contributed by atoms with Crippen LogP contribution in [-0.2, 0) is 11.0 Å². The Kier molecular flexibility index (Phi) is 5.09. The molecule has 3 aliphatic carbocycles. The van der Waals surface area contributed by atoms with Gasteiger partial charge in [0.1, 0.15) is 5.75 Å².